The van der Waals surface area contributed by atoms with Gasteiger partial charge in [-0.2, -0.15) is 4.47 Å². The molecule has 1 saturated heterocycles. The molecule has 7 nitrogen and oxygen atoms in total. The minimum absolute atomic E-state index is 0.132. The quantitative estimate of drug-likeness (QED) is 0.257. The molecular weight excluding hydrogens is 482 g/mol. The fourth-order valence-electron chi connectivity index (χ4n) is 4.00. The summed E-state index contributed by atoms with van der Waals surface area (Å²) in [6.07, 6.45) is -1.19. The number of amides is 1. The summed E-state index contributed by atoms with van der Waals surface area (Å²) in [6.45, 7) is 0.781. The largest absolute Gasteiger partial charge is 0.390 e. The normalized spacial score (nSPS) is 15.6. The van der Waals surface area contributed by atoms with Crippen LogP contribution < -0.4 is 9.19 Å². The highest BCUT2D eigenvalue weighted by molar-refractivity contribution is 8.01. The van der Waals surface area contributed by atoms with Gasteiger partial charge in [0, 0.05) is 30.8 Å². The Balaban J connectivity index is 1.28. The van der Waals surface area contributed by atoms with Gasteiger partial charge >= 0.3 is 0 Å². The average molecular weight is 509 g/mol. The molecule has 0 bridgehead atoms. The second-order valence-corrected chi connectivity index (χ2v) is 9.94. The molecule has 2 heterocycles. The molecule has 1 amide bonds. The number of halogens is 2. The first-order valence-corrected chi connectivity index (χ1v) is 12.6. The zero-order valence-corrected chi connectivity index (χ0v) is 20.0. The van der Waals surface area contributed by atoms with E-state index in [1.54, 1.807) is 40.7 Å². The van der Waals surface area contributed by atoms with Crippen molar-refractivity contribution in [1.82, 2.24) is 9.88 Å². The number of piperidine rings is 1. The summed E-state index contributed by atoms with van der Waals surface area (Å²) in [5.74, 6) is -0.132. The molecule has 1 aliphatic rings. The van der Waals surface area contributed by atoms with Crippen LogP contribution in [0.5, 0.6) is 0 Å². The molecule has 0 spiro atoms. The lowest BCUT2D eigenvalue weighted by molar-refractivity contribution is -0.0269. The summed E-state index contributed by atoms with van der Waals surface area (Å²) < 4.78 is 29.7. The van der Waals surface area contributed by atoms with E-state index in [0.717, 1.165) is 21.3 Å². The van der Waals surface area contributed by atoms with Crippen LogP contribution in [-0.4, -0.2) is 51.2 Å². The Kier molecular flexibility index (Phi) is 7.87. The maximum Gasteiger partial charge on any atom is 0.253 e. The monoisotopic (exact) mass is 508 g/mol. The lowest BCUT2D eigenvalue weighted by atomic mass is 9.86. The third-order valence-corrected chi connectivity index (χ3v) is 7.46. The van der Waals surface area contributed by atoms with Gasteiger partial charge in [0.2, 0.25) is 6.43 Å². The number of benzene rings is 2. The van der Waals surface area contributed by atoms with Gasteiger partial charge in [-0.05, 0) is 62.1 Å². The summed E-state index contributed by atoms with van der Waals surface area (Å²) >= 11 is 2.48. The number of alkyl halides is 2. The molecule has 1 aromatic heterocycles. The molecule has 0 saturated carbocycles. The lowest BCUT2D eigenvalue weighted by Gasteiger charge is -2.38. The number of hydrogen-bond donors (Lipinski definition) is 3. The predicted molar refractivity (Wildman–Crippen MR) is 131 cm³/mol. The molecule has 3 aromatic rings. The van der Waals surface area contributed by atoms with Gasteiger partial charge in [0.25, 0.3) is 5.91 Å². The number of thiazole rings is 1. The number of anilines is 2. The van der Waals surface area contributed by atoms with Gasteiger partial charge in [-0.3, -0.25) is 10.0 Å². The van der Waals surface area contributed by atoms with Crippen LogP contribution in [0.2, 0.25) is 0 Å². The molecule has 182 valence electrons. The van der Waals surface area contributed by atoms with E-state index in [-0.39, 0.29) is 18.7 Å². The Labute approximate surface area is 204 Å². The van der Waals surface area contributed by atoms with Crippen LogP contribution in [0.1, 0.15) is 42.5 Å². The number of carbonyl (C=O) groups is 1. The fourth-order valence-corrected chi connectivity index (χ4v) is 5.27. The van der Waals surface area contributed by atoms with Crippen LogP contribution in [-0.2, 0) is 0 Å². The predicted octanol–water partition coefficient (Wildman–Crippen LogP) is 5.57. The van der Waals surface area contributed by atoms with E-state index in [2.05, 4.69) is 9.71 Å². The molecule has 4 rings (SSSR count). The first kappa shape index (κ1) is 24.6. The first-order chi connectivity index (χ1) is 16.3. The minimum atomic E-state index is -2.35. The molecular formula is C23H26F2N4O3S2. The van der Waals surface area contributed by atoms with E-state index >= 15 is 0 Å². The van der Waals surface area contributed by atoms with E-state index in [1.165, 1.54) is 11.3 Å². The molecule has 3 N–H and O–H groups in total. The second-order valence-electron chi connectivity index (χ2n) is 8.32. The topological polar surface area (TPSA) is 88.9 Å². The third kappa shape index (κ3) is 5.96. The number of nitrogens with one attached hydrogen (secondary N) is 1. The van der Waals surface area contributed by atoms with Crippen molar-refractivity contribution in [3.8, 4) is 0 Å². The van der Waals surface area contributed by atoms with Gasteiger partial charge in [0.05, 0.1) is 27.9 Å². The van der Waals surface area contributed by atoms with Gasteiger partial charge in [-0.15, -0.1) is 11.3 Å². The Hall–Kier alpha value is -2.47. The van der Waals surface area contributed by atoms with Crippen molar-refractivity contribution < 1.29 is 23.9 Å². The number of para-hydroxylation sites is 1. The maximum absolute atomic E-state index is 12.8. The zero-order valence-electron chi connectivity index (χ0n) is 18.4. The summed E-state index contributed by atoms with van der Waals surface area (Å²) in [4.78, 5) is 18.8. The van der Waals surface area contributed by atoms with Gasteiger partial charge < -0.3 is 14.7 Å². The standard InChI is InChI=1S/C23H26F2N4O3S2/c24-20(25)5-2-10-23(31)11-13-28(14-12-23)22(30)16-6-8-17(9-7-16)27-34-29(32)18-3-1-4-19-21(18)26-15-33-19/h1,3-4,6-9,15,20,27,31-32H,2,5,10-14H2. The van der Waals surface area contributed by atoms with Crippen LogP contribution in [0.3, 0.4) is 0 Å². The minimum Gasteiger partial charge on any atom is -0.390 e. The van der Waals surface area contributed by atoms with E-state index in [9.17, 15) is 23.9 Å². The molecule has 11 heteroatoms. The van der Waals surface area contributed by atoms with E-state index in [0.29, 0.717) is 54.8 Å². The summed E-state index contributed by atoms with van der Waals surface area (Å²) in [6, 6.07) is 12.5. The molecule has 0 aliphatic carbocycles. The highest BCUT2D eigenvalue weighted by Crippen LogP contribution is 2.32. The maximum atomic E-state index is 12.8. The van der Waals surface area contributed by atoms with Crippen LogP contribution in [0.25, 0.3) is 10.2 Å². The molecule has 1 aliphatic heterocycles. The van der Waals surface area contributed by atoms with Gasteiger partial charge in [-0.1, -0.05) is 6.07 Å². The van der Waals surface area contributed by atoms with E-state index < -0.39 is 12.0 Å². The van der Waals surface area contributed by atoms with Gasteiger partial charge in [0.15, 0.2) is 0 Å². The number of aliphatic hydroxyl groups is 1. The average Bonchev–Trinajstić information content (AvgIpc) is 3.32. The Morgan fingerprint density at radius 2 is 1.97 bits per heavy atom. The lowest BCUT2D eigenvalue weighted by Crippen LogP contribution is -2.46. The molecule has 1 fully saturated rings. The number of fused-ring (bicyclic) bond motifs is 1. The number of rotatable bonds is 9. The number of carbonyl (C=O) groups excluding carboxylic acids is 1. The SMILES string of the molecule is O=C(c1ccc(NSN(O)c2cccc3scnc23)cc1)N1CCC(O)(CCCC(F)F)CC1. The highest BCUT2D eigenvalue weighted by Gasteiger charge is 2.33. The van der Waals surface area contributed by atoms with Crippen LogP contribution in [0, 0.1) is 0 Å². The van der Waals surface area contributed by atoms with Crippen LogP contribution in [0.15, 0.2) is 48.0 Å². The van der Waals surface area contributed by atoms with Crippen molar-refractivity contribution >= 4 is 51.0 Å². The van der Waals surface area contributed by atoms with Crippen LogP contribution in [0.4, 0.5) is 20.2 Å². The van der Waals surface area contributed by atoms with Crippen molar-refractivity contribution in [1.29, 1.82) is 0 Å². The van der Waals surface area contributed by atoms with Gasteiger partial charge in [0.1, 0.15) is 11.2 Å². The van der Waals surface area contributed by atoms with Crippen LogP contribution >= 0.6 is 23.5 Å². The first-order valence-electron chi connectivity index (χ1n) is 11.0. The summed E-state index contributed by atoms with van der Waals surface area (Å²) in [5.41, 5.74) is 3.27. The van der Waals surface area contributed by atoms with Gasteiger partial charge in [-0.25, -0.2) is 13.8 Å². The third-order valence-electron chi connectivity index (χ3n) is 5.97. The molecule has 0 radical (unpaired) electrons. The molecule has 2 aromatic carbocycles. The number of likely N-dealkylation sites (tertiary alicyclic amines) is 1. The number of aromatic nitrogens is 1. The molecule has 0 unspecified atom stereocenters. The van der Waals surface area contributed by atoms with Crippen molar-refractivity contribution in [2.75, 3.05) is 22.3 Å². The summed E-state index contributed by atoms with van der Waals surface area (Å²) in [5, 5.41) is 21.0. The highest BCUT2D eigenvalue weighted by atomic mass is 32.2. The molecule has 34 heavy (non-hydrogen) atoms. The van der Waals surface area contributed by atoms with Crippen molar-refractivity contribution in [2.45, 2.75) is 44.1 Å². The van der Waals surface area contributed by atoms with Crippen molar-refractivity contribution in [2.24, 2.45) is 0 Å². The summed E-state index contributed by atoms with van der Waals surface area (Å²) in [7, 11) is 0. The Morgan fingerprint density at radius 1 is 1.24 bits per heavy atom. The van der Waals surface area contributed by atoms with E-state index in [1.807, 2.05) is 12.1 Å². The second kappa shape index (κ2) is 10.9. The van der Waals surface area contributed by atoms with E-state index in [4.69, 9.17) is 0 Å². The van der Waals surface area contributed by atoms with Crippen molar-refractivity contribution in [3.63, 3.8) is 0 Å². The number of hydrogen-bond acceptors (Lipinski definition) is 8. The smallest absolute Gasteiger partial charge is 0.253 e. The fraction of sp³-hybridized carbons (Fsp3) is 0.391. The Morgan fingerprint density at radius 3 is 2.68 bits per heavy atom. The Bertz CT molecular complexity index is 1110. The number of nitrogens with zero attached hydrogens (tertiary/aromatic N) is 3. The molecule has 0 atom stereocenters. The van der Waals surface area contributed by atoms with Crippen molar-refractivity contribution in [3.05, 3.63) is 53.5 Å². The zero-order chi connectivity index (χ0) is 24.1.